The molecule has 0 aromatic carbocycles. The molecule has 0 aromatic rings. The van der Waals surface area contributed by atoms with Crippen molar-refractivity contribution >= 4 is 19.7 Å². The maximum absolute atomic E-state index is 5.56. The van der Waals surface area contributed by atoms with Crippen molar-refractivity contribution in [1.29, 1.82) is 0 Å². The molecule has 0 aromatic heterocycles. The van der Waals surface area contributed by atoms with Gasteiger partial charge in [-0.1, -0.05) is 19.6 Å². The van der Waals surface area contributed by atoms with Gasteiger partial charge < -0.3 is 4.74 Å². The molecule has 1 nitrogen and oxygen atoms in total. The lowest BCUT2D eigenvalue weighted by atomic mass is 10.3. The molecular weight excluding hydrogens is 188 g/mol. The zero-order chi connectivity index (χ0) is 9.45. The van der Waals surface area contributed by atoms with E-state index < -0.39 is 8.07 Å². The minimum atomic E-state index is -0.974. The van der Waals surface area contributed by atoms with Crippen molar-refractivity contribution in [2.45, 2.75) is 38.9 Å². The topological polar surface area (TPSA) is 9.23 Å². The average Bonchev–Trinajstić information content (AvgIpc) is 1.94. The van der Waals surface area contributed by atoms with Gasteiger partial charge in [-0.15, -0.1) is 11.6 Å². The zero-order valence-electron chi connectivity index (χ0n) is 8.53. The van der Waals surface area contributed by atoms with Crippen LogP contribution in [-0.4, -0.2) is 26.8 Å². The molecule has 0 aliphatic rings. The first kappa shape index (κ1) is 12.5. The van der Waals surface area contributed by atoms with Crippen LogP contribution < -0.4 is 0 Å². The second-order valence-electron chi connectivity index (χ2n) is 4.36. The Kier molecular flexibility index (Phi) is 7.20. The molecule has 0 heterocycles. The van der Waals surface area contributed by atoms with Crippen LogP contribution in [0.15, 0.2) is 0 Å². The standard InChI is InChI=1S/C9H21ClOSi/c1-12(2,3)9-11-8-6-4-5-7-10/h4-9H2,1-3H3. The number of hydrogen-bond acceptors (Lipinski definition) is 1. The molecule has 0 amide bonds. The van der Waals surface area contributed by atoms with Gasteiger partial charge >= 0.3 is 0 Å². The van der Waals surface area contributed by atoms with Gasteiger partial charge in [-0.05, 0) is 19.3 Å². The van der Waals surface area contributed by atoms with Gasteiger partial charge in [0.2, 0.25) is 0 Å². The smallest absolute Gasteiger partial charge is 0.0746 e. The van der Waals surface area contributed by atoms with Crippen molar-refractivity contribution in [3.05, 3.63) is 0 Å². The minimum Gasteiger partial charge on any atom is -0.385 e. The third kappa shape index (κ3) is 10.5. The first-order chi connectivity index (χ1) is 5.56. The summed E-state index contributed by atoms with van der Waals surface area (Å²) in [5, 5.41) is 0. The normalized spacial score (nSPS) is 12.0. The Labute approximate surface area is 82.5 Å². The summed E-state index contributed by atoms with van der Waals surface area (Å²) in [5.41, 5.74) is 0. The van der Waals surface area contributed by atoms with E-state index in [1.807, 2.05) is 0 Å². The Hall–Kier alpha value is 0.467. The Morgan fingerprint density at radius 1 is 1.08 bits per heavy atom. The fourth-order valence-corrected chi connectivity index (χ4v) is 1.80. The van der Waals surface area contributed by atoms with Crippen LogP contribution in [0, 0.1) is 0 Å². The van der Waals surface area contributed by atoms with Crippen LogP contribution >= 0.6 is 11.6 Å². The highest BCUT2D eigenvalue weighted by molar-refractivity contribution is 6.76. The lowest BCUT2D eigenvalue weighted by Gasteiger charge is -2.15. The highest BCUT2D eigenvalue weighted by atomic mass is 35.5. The van der Waals surface area contributed by atoms with Gasteiger partial charge in [0, 0.05) is 18.7 Å². The fraction of sp³-hybridized carbons (Fsp3) is 1.00. The molecule has 0 bridgehead atoms. The van der Waals surface area contributed by atoms with Crippen molar-refractivity contribution in [2.24, 2.45) is 0 Å². The summed E-state index contributed by atoms with van der Waals surface area (Å²) < 4.78 is 5.56. The van der Waals surface area contributed by atoms with Gasteiger partial charge in [-0.3, -0.25) is 0 Å². The number of hydrogen-bond donors (Lipinski definition) is 0. The number of ether oxygens (including phenoxy) is 1. The van der Waals surface area contributed by atoms with Gasteiger partial charge in [0.1, 0.15) is 0 Å². The predicted octanol–water partition coefficient (Wildman–Crippen LogP) is 3.29. The monoisotopic (exact) mass is 208 g/mol. The number of rotatable bonds is 7. The van der Waals surface area contributed by atoms with E-state index in [2.05, 4.69) is 19.6 Å². The summed E-state index contributed by atoms with van der Waals surface area (Å²) in [6, 6.07) is 0. The maximum atomic E-state index is 5.56. The molecule has 0 atom stereocenters. The van der Waals surface area contributed by atoms with Gasteiger partial charge in [-0.2, -0.15) is 0 Å². The third-order valence-corrected chi connectivity index (χ3v) is 2.79. The Morgan fingerprint density at radius 2 is 1.75 bits per heavy atom. The lowest BCUT2D eigenvalue weighted by molar-refractivity contribution is 0.168. The van der Waals surface area contributed by atoms with Crippen LogP contribution in [0.5, 0.6) is 0 Å². The number of halogens is 1. The van der Waals surface area contributed by atoms with Gasteiger partial charge in [0.25, 0.3) is 0 Å². The second kappa shape index (κ2) is 6.93. The van der Waals surface area contributed by atoms with Crippen LogP contribution in [0.25, 0.3) is 0 Å². The Morgan fingerprint density at radius 3 is 2.25 bits per heavy atom. The van der Waals surface area contributed by atoms with E-state index >= 15 is 0 Å². The fourth-order valence-electron chi connectivity index (χ4n) is 0.854. The van der Waals surface area contributed by atoms with Crippen molar-refractivity contribution < 1.29 is 4.74 Å². The van der Waals surface area contributed by atoms with Gasteiger partial charge in [-0.25, -0.2) is 0 Å². The quantitative estimate of drug-likeness (QED) is 0.355. The highest BCUT2D eigenvalue weighted by Crippen LogP contribution is 2.02. The van der Waals surface area contributed by atoms with E-state index in [0.29, 0.717) is 0 Å². The van der Waals surface area contributed by atoms with E-state index in [0.717, 1.165) is 31.6 Å². The molecule has 0 radical (unpaired) electrons. The van der Waals surface area contributed by atoms with E-state index in [1.165, 1.54) is 6.42 Å². The molecule has 0 N–H and O–H groups in total. The molecule has 74 valence electrons. The van der Waals surface area contributed by atoms with E-state index in [4.69, 9.17) is 16.3 Å². The third-order valence-electron chi connectivity index (χ3n) is 1.46. The first-order valence-electron chi connectivity index (χ1n) is 4.70. The minimum absolute atomic E-state index is 0.786. The van der Waals surface area contributed by atoms with E-state index in [-0.39, 0.29) is 0 Å². The molecule has 0 saturated carbocycles. The summed E-state index contributed by atoms with van der Waals surface area (Å²) in [5.74, 6) is 0.786. The molecule has 0 saturated heterocycles. The van der Waals surface area contributed by atoms with Gasteiger partial charge in [0.15, 0.2) is 0 Å². The molecule has 0 aliphatic carbocycles. The zero-order valence-corrected chi connectivity index (χ0v) is 10.3. The molecule has 0 aliphatic heterocycles. The number of alkyl halides is 1. The van der Waals surface area contributed by atoms with Crippen molar-refractivity contribution in [1.82, 2.24) is 0 Å². The summed E-state index contributed by atoms with van der Waals surface area (Å²) in [6.07, 6.45) is 4.48. The predicted molar refractivity (Wildman–Crippen MR) is 58.7 cm³/mol. The lowest BCUT2D eigenvalue weighted by Crippen LogP contribution is -2.28. The van der Waals surface area contributed by atoms with Gasteiger partial charge in [0.05, 0.1) is 8.07 Å². The largest absolute Gasteiger partial charge is 0.385 e. The molecule has 12 heavy (non-hydrogen) atoms. The van der Waals surface area contributed by atoms with Crippen LogP contribution in [0.4, 0.5) is 0 Å². The first-order valence-corrected chi connectivity index (χ1v) is 8.94. The van der Waals surface area contributed by atoms with Crippen molar-refractivity contribution in [3.63, 3.8) is 0 Å². The molecular formula is C9H21ClOSi. The van der Waals surface area contributed by atoms with E-state index in [1.54, 1.807) is 0 Å². The highest BCUT2D eigenvalue weighted by Gasteiger charge is 2.12. The van der Waals surface area contributed by atoms with Crippen molar-refractivity contribution in [3.8, 4) is 0 Å². The van der Waals surface area contributed by atoms with Crippen LogP contribution in [0.2, 0.25) is 19.6 Å². The molecule has 0 spiro atoms. The number of unbranched alkanes of at least 4 members (excludes halogenated alkanes) is 2. The SMILES string of the molecule is C[Si](C)(C)COCCCCCCl. The summed E-state index contributed by atoms with van der Waals surface area (Å²) in [4.78, 5) is 0. The molecule has 0 rings (SSSR count). The Balaban J connectivity index is 3.01. The average molecular weight is 209 g/mol. The maximum Gasteiger partial charge on any atom is 0.0746 e. The molecule has 0 fully saturated rings. The van der Waals surface area contributed by atoms with Crippen LogP contribution in [-0.2, 0) is 4.74 Å². The summed E-state index contributed by atoms with van der Waals surface area (Å²) >= 11 is 5.55. The second-order valence-corrected chi connectivity index (χ2v) is 10.2. The van der Waals surface area contributed by atoms with Crippen LogP contribution in [0.1, 0.15) is 19.3 Å². The molecule has 3 heteroatoms. The van der Waals surface area contributed by atoms with Crippen LogP contribution in [0.3, 0.4) is 0 Å². The Bertz CT molecular complexity index is 101. The molecule has 0 unspecified atom stereocenters. The summed E-state index contributed by atoms with van der Waals surface area (Å²) in [7, 11) is -0.974. The summed E-state index contributed by atoms with van der Waals surface area (Å²) in [6.45, 7) is 7.89. The van der Waals surface area contributed by atoms with E-state index in [9.17, 15) is 0 Å². The van der Waals surface area contributed by atoms with Crippen molar-refractivity contribution in [2.75, 3.05) is 18.7 Å².